The van der Waals surface area contributed by atoms with Crippen LogP contribution in [0.25, 0.3) is 11.2 Å². The minimum absolute atomic E-state index is 0.346. The zero-order chi connectivity index (χ0) is 18.1. The molecule has 2 aromatic heterocycles. The molecule has 8 heteroatoms. The van der Waals surface area contributed by atoms with Gasteiger partial charge >= 0.3 is 5.69 Å². The van der Waals surface area contributed by atoms with E-state index in [1.165, 1.54) is 11.6 Å². The van der Waals surface area contributed by atoms with Gasteiger partial charge < -0.3 is 11.1 Å². The van der Waals surface area contributed by atoms with Crippen LogP contribution in [0, 0.1) is 6.92 Å². The van der Waals surface area contributed by atoms with Gasteiger partial charge in [0.1, 0.15) is 0 Å². The van der Waals surface area contributed by atoms with E-state index in [9.17, 15) is 9.59 Å². The molecule has 0 radical (unpaired) electrons. The van der Waals surface area contributed by atoms with Gasteiger partial charge in [0, 0.05) is 14.1 Å². The molecule has 132 valence electrons. The van der Waals surface area contributed by atoms with Gasteiger partial charge in [-0.3, -0.25) is 18.5 Å². The molecule has 0 unspecified atom stereocenters. The second kappa shape index (κ2) is 6.56. The first-order chi connectivity index (χ1) is 11.9. The normalized spacial score (nSPS) is 11.2. The van der Waals surface area contributed by atoms with Crippen LogP contribution in [-0.2, 0) is 20.6 Å². The average molecular weight is 343 g/mol. The molecule has 0 aliphatic rings. The van der Waals surface area contributed by atoms with Crippen molar-refractivity contribution in [2.24, 2.45) is 14.1 Å². The van der Waals surface area contributed by atoms with Crippen LogP contribution in [-0.4, -0.2) is 31.8 Å². The van der Waals surface area contributed by atoms with Crippen LogP contribution >= 0.6 is 0 Å². The van der Waals surface area contributed by atoms with Gasteiger partial charge in [0.15, 0.2) is 11.2 Å². The van der Waals surface area contributed by atoms with Crippen molar-refractivity contribution in [3.05, 3.63) is 56.2 Å². The number of fused-ring (bicyclic) bond motifs is 1. The molecule has 0 aliphatic carbocycles. The van der Waals surface area contributed by atoms with Crippen molar-refractivity contribution in [3.8, 4) is 0 Å². The maximum absolute atomic E-state index is 12.7. The lowest BCUT2D eigenvalue weighted by Crippen LogP contribution is -2.53. The molecule has 0 atom stereocenters. The molecule has 2 heterocycles. The van der Waals surface area contributed by atoms with Crippen molar-refractivity contribution in [2.45, 2.75) is 13.5 Å². The largest absolute Gasteiger partial charge is 0.356 e. The number of aromatic nitrogens is 4. The van der Waals surface area contributed by atoms with Gasteiger partial charge in [0.2, 0.25) is 5.95 Å². The van der Waals surface area contributed by atoms with E-state index < -0.39 is 0 Å². The molecule has 0 saturated heterocycles. The fourth-order valence-electron chi connectivity index (χ4n) is 2.93. The SMILES string of the molecule is Cc1cccc(Cn2c(NCC[NH3+])nc3c2c(=O)n(C)c(=O)n3C)c1. The first-order valence-electron chi connectivity index (χ1n) is 8.19. The fourth-order valence-corrected chi connectivity index (χ4v) is 2.93. The second-order valence-corrected chi connectivity index (χ2v) is 6.17. The van der Waals surface area contributed by atoms with Gasteiger partial charge in [0.05, 0.1) is 19.6 Å². The maximum Gasteiger partial charge on any atom is 0.332 e. The summed E-state index contributed by atoms with van der Waals surface area (Å²) in [6.45, 7) is 3.83. The highest BCUT2D eigenvalue weighted by Crippen LogP contribution is 2.18. The number of nitrogens with one attached hydrogen (secondary N) is 1. The number of quaternary nitrogens is 1. The van der Waals surface area contributed by atoms with Crippen molar-refractivity contribution >= 4 is 17.1 Å². The molecule has 25 heavy (non-hydrogen) atoms. The molecule has 0 bridgehead atoms. The Kier molecular flexibility index (Phi) is 4.45. The molecule has 3 rings (SSSR count). The average Bonchev–Trinajstić information content (AvgIpc) is 2.95. The number of imidazole rings is 1. The number of hydrogen-bond acceptors (Lipinski definition) is 4. The van der Waals surface area contributed by atoms with E-state index in [0.29, 0.717) is 36.7 Å². The van der Waals surface area contributed by atoms with Crippen LogP contribution < -0.4 is 22.3 Å². The fraction of sp³-hybridized carbons (Fsp3) is 0.353. The van der Waals surface area contributed by atoms with Crippen LogP contribution in [0.4, 0.5) is 5.95 Å². The zero-order valence-electron chi connectivity index (χ0n) is 14.7. The summed E-state index contributed by atoms with van der Waals surface area (Å²) in [4.78, 5) is 29.4. The lowest BCUT2D eigenvalue weighted by atomic mass is 10.1. The molecular formula is C17H23N6O2+. The topological polar surface area (TPSA) is 101 Å². The Morgan fingerprint density at radius 2 is 1.96 bits per heavy atom. The third-order valence-electron chi connectivity index (χ3n) is 4.23. The van der Waals surface area contributed by atoms with Crippen LogP contribution in [0.15, 0.2) is 33.9 Å². The molecular weight excluding hydrogens is 320 g/mol. The first-order valence-corrected chi connectivity index (χ1v) is 8.19. The molecule has 3 aromatic rings. The van der Waals surface area contributed by atoms with E-state index in [-0.39, 0.29) is 11.2 Å². The Hall–Kier alpha value is -2.87. The quantitative estimate of drug-likeness (QED) is 0.649. The highest BCUT2D eigenvalue weighted by Gasteiger charge is 2.19. The monoisotopic (exact) mass is 343 g/mol. The predicted molar refractivity (Wildman–Crippen MR) is 96.7 cm³/mol. The Morgan fingerprint density at radius 1 is 1.20 bits per heavy atom. The zero-order valence-corrected chi connectivity index (χ0v) is 14.7. The van der Waals surface area contributed by atoms with Gasteiger partial charge in [-0.25, -0.2) is 4.79 Å². The lowest BCUT2D eigenvalue weighted by molar-refractivity contribution is -0.362. The van der Waals surface area contributed by atoms with Crippen molar-refractivity contribution in [1.29, 1.82) is 0 Å². The van der Waals surface area contributed by atoms with Gasteiger partial charge in [-0.1, -0.05) is 29.8 Å². The molecule has 1 aromatic carbocycles. The number of anilines is 1. The van der Waals surface area contributed by atoms with Crippen molar-refractivity contribution < 1.29 is 5.73 Å². The molecule has 0 saturated carbocycles. The summed E-state index contributed by atoms with van der Waals surface area (Å²) < 4.78 is 4.35. The highest BCUT2D eigenvalue weighted by atomic mass is 16.2. The Labute approximate surface area is 144 Å². The summed E-state index contributed by atoms with van der Waals surface area (Å²) in [6, 6.07) is 8.10. The molecule has 0 fully saturated rings. The van der Waals surface area contributed by atoms with E-state index in [4.69, 9.17) is 0 Å². The minimum Gasteiger partial charge on any atom is -0.356 e. The summed E-state index contributed by atoms with van der Waals surface area (Å²) in [7, 11) is 3.11. The van der Waals surface area contributed by atoms with E-state index in [1.807, 2.05) is 29.7 Å². The van der Waals surface area contributed by atoms with Crippen LogP contribution in [0.3, 0.4) is 0 Å². The molecule has 0 spiro atoms. The number of benzene rings is 1. The smallest absolute Gasteiger partial charge is 0.332 e. The van der Waals surface area contributed by atoms with Crippen LogP contribution in [0.1, 0.15) is 11.1 Å². The van der Waals surface area contributed by atoms with E-state index in [2.05, 4.69) is 22.1 Å². The number of nitrogens with zero attached hydrogens (tertiary/aromatic N) is 4. The predicted octanol–water partition coefficient (Wildman–Crippen LogP) is -0.556. The summed E-state index contributed by atoms with van der Waals surface area (Å²) >= 11 is 0. The van der Waals surface area contributed by atoms with Gasteiger partial charge in [-0.05, 0) is 12.5 Å². The number of aryl methyl sites for hydroxylation is 2. The van der Waals surface area contributed by atoms with Crippen molar-refractivity contribution in [2.75, 3.05) is 18.4 Å². The Bertz CT molecular complexity index is 1040. The number of hydrogen-bond donors (Lipinski definition) is 2. The molecule has 8 nitrogen and oxygen atoms in total. The summed E-state index contributed by atoms with van der Waals surface area (Å²) in [5.74, 6) is 0.568. The standard InChI is InChI=1S/C17H22N6O2/c1-11-5-4-6-12(9-11)10-23-13-14(20-16(23)19-8-7-18)21(2)17(25)22(3)15(13)24/h4-6,9H,7-8,10,18H2,1-3H3,(H,19,20)/p+1. The lowest BCUT2D eigenvalue weighted by Gasteiger charge is -2.11. The van der Waals surface area contributed by atoms with E-state index in [0.717, 1.165) is 15.7 Å². The van der Waals surface area contributed by atoms with Gasteiger partial charge in [-0.2, -0.15) is 4.98 Å². The maximum atomic E-state index is 12.7. The van der Waals surface area contributed by atoms with E-state index in [1.54, 1.807) is 7.05 Å². The molecule has 0 aliphatic heterocycles. The van der Waals surface area contributed by atoms with Crippen molar-refractivity contribution in [3.63, 3.8) is 0 Å². The van der Waals surface area contributed by atoms with Crippen LogP contribution in [0.2, 0.25) is 0 Å². The second-order valence-electron chi connectivity index (χ2n) is 6.17. The highest BCUT2D eigenvalue weighted by molar-refractivity contribution is 5.74. The summed E-state index contributed by atoms with van der Waals surface area (Å²) in [5, 5.41) is 3.21. The summed E-state index contributed by atoms with van der Waals surface area (Å²) in [6.07, 6.45) is 0. The Morgan fingerprint density at radius 3 is 2.64 bits per heavy atom. The number of rotatable bonds is 5. The summed E-state index contributed by atoms with van der Waals surface area (Å²) in [5.41, 5.74) is 6.10. The molecule has 4 N–H and O–H groups in total. The first kappa shape index (κ1) is 17.0. The minimum atomic E-state index is -0.388. The Balaban J connectivity index is 2.26. The third-order valence-corrected chi connectivity index (χ3v) is 4.23. The van der Waals surface area contributed by atoms with Gasteiger partial charge in [0.25, 0.3) is 5.56 Å². The van der Waals surface area contributed by atoms with Crippen LogP contribution in [0.5, 0.6) is 0 Å². The van der Waals surface area contributed by atoms with Gasteiger partial charge in [-0.15, -0.1) is 0 Å². The van der Waals surface area contributed by atoms with Crippen molar-refractivity contribution in [1.82, 2.24) is 18.7 Å². The molecule has 0 amide bonds. The third kappa shape index (κ3) is 2.96. The van der Waals surface area contributed by atoms with E-state index >= 15 is 0 Å².